The summed E-state index contributed by atoms with van der Waals surface area (Å²) in [4.78, 5) is 0. The number of alkyl halides is 3. The van der Waals surface area contributed by atoms with Gasteiger partial charge in [0.2, 0.25) is 0 Å². The van der Waals surface area contributed by atoms with E-state index in [4.69, 9.17) is 5.11 Å². The van der Waals surface area contributed by atoms with E-state index in [1.807, 2.05) is 24.3 Å². The highest BCUT2D eigenvalue weighted by molar-refractivity contribution is 7.87. The van der Waals surface area contributed by atoms with E-state index in [9.17, 15) is 21.6 Å². The lowest BCUT2D eigenvalue weighted by Gasteiger charge is -2.23. The second-order valence-corrected chi connectivity index (χ2v) is 8.73. The quantitative estimate of drug-likeness (QED) is 0.680. The number of fused-ring (bicyclic) bond motifs is 3. The van der Waals surface area contributed by atoms with Crippen molar-refractivity contribution in [3.63, 3.8) is 0 Å². The molecule has 3 atom stereocenters. The monoisotopic (exact) mass is 404 g/mol. The smallest absolute Gasteiger partial charge is 0.392 e. The molecule has 0 heterocycles. The van der Waals surface area contributed by atoms with Crippen molar-refractivity contribution in [3.8, 4) is 0 Å². The Morgan fingerprint density at radius 1 is 1.15 bits per heavy atom. The number of benzene rings is 1. The third-order valence-electron chi connectivity index (χ3n) is 5.29. The molecule has 1 aromatic rings. The molecule has 0 amide bonds. The number of hydrogen-bond acceptors (Lipinski definition) is 3. The molecule has 1 saturated carbocycles. The first-order chi connectivity index (χ1) is 12.7. The van der Waals surface area contributed by atoms with Crippen LogP contribution in [0, 0.1) is 11.8 Å². The molecular weight excluding hydrogens is 381 g/mol. The predicted molar refractivity (Wildman–Crippen MR) is 96.1 cm³/mol. The maximum atomic E-state index is 12.3. The molecule has 1 fully saturated rings. The van der Waals surface area contributed by atoms with E-state index in [0.717, 1.165) is 29.5 Å². The maximum absolute atomic E-state index is 12.3. The van der Waals surface area contributed by atoms with E-state index in [1.165, 1.54) is 0 Å². The van der Waals surface area contributed by atoms with Crippen LogP contribution in [0.3, 0.4) is 0 Å². The zero-order chi connectivity index (χ0) is 19.7. The summed E-state index contributed by atoms with van der Waals surface area (Å²) in [6, 6.07) is 5.63. The van der Waals surface area contributed by atoms with E-state index in [1.54, 1.807) is 10.8 Å². The van der Waals surface area contributed by atoms with Crippen molar-refractivity contribution in [2.45, 2.75) is 37.9 Å². The SMILES string of the molecule is O=S(=O)(NCC(F)(F)F)N[C@H]1[C@@H]2CC[C@H]1Cc1ccc(C=CCO)cc1C2. The van der Waals surface area contributed by atoms with E-state index >= 15 is 0 Å². The average Bonchev–Trinajstić information content (AvgIpc) is 2.85. The van der Waals surface area contributed by atoms with Gasteiger partial charge < -0.3 is 5.11 Å². The Morgan fingerprint density at radius 2 is 1.81 bits per heavy atom. The van der Waals surface area contributed by atoms with Crippen LogP contribution in [0.15, 0.2) is 24.3 Å². The van der Waals surface area contributed by atoms with Gasteiger partial charge in [0.25, 0.3) is 10.2 Å². The van der Waals surface area contributed by atoms with Gasteiger partial charge in [-0.1, -0.05) is 30.4 Å². The fraction of sp³-hybridized carbons (Fsp3) is 0.556. The standard InChI is InChI=1S/C18H23F3N2O3S/c19-18(20,21)11-22-27(25,26)23-17-14-5-6-15(17)10-16-8-12(2-1-7-24)3-4-13(16)9-14/h1-4,8,14-15,17,22-24H,5-7,9-11H2/t14-,15+,17+/m0/s1. The van der Waals surface area contributed by atoms with Crippen LogP contribution in [0.5, 0.6) is 0 Å². The summed E-state index contributed by atoms with van der Waals surface area (Å²) in [5, 5.41) is 8.91. The van der Waals surface area contributed by atoms with Gasteiger partial charge in [0.1, 0.15) is 6.54 Å². The normalized spacial score (nSPS) is 25.6. The first kappa shape index (κ1) is 20.3. The van der Waals surface area contributed by atoms with E-state index in [-0.39, 0.29) is 24.5 Å². The van der Waals surface area contributed by atoms with Crippen LogP contribution >= 0.6 is 0 Å². The molecule has 0 radical (unpaired) electrons. The molecule has 3 N–H and O–H groups in total. The Hall–Kier alpha value is -1.42. The van der Waals surface area contributed by atoms with Gasteiger partial charge in [-0.05, 0) is 54.2 Å². The Kier molecular flexibility index (Phi) is 5.95. The van der Waals surface area contributed by atoms with Crippen LogP contribution in [-0.2, 0) is 23.1 Å². The molecule has 0 spiro atoms. The minimum absolute atomic E-state index is 0.0451. The maximum Gasteiger partial charge on any atom is 0.402 e. The van der Waals surface area contributed by atoms with Crippen LogP contribution in [0.4, 0.5) is 13.2 Å². The lowest BCUT2D eigenvalue weighted by Crippen LogP contribution is -2.49. The molecule has 2 aliphatic carbocycles. The van der Waals surface area contributed by atoms with Gasteiger partial charge in [0.05, 0.1) is 6.61 Å². The number of hydrogen-bond donors (Lipinski definition) is 3. The molecule has 2 bridgehead atoms. The number of rotatable bonds is 6. The Balaban J connectivity index is 1.74. The molecule has 2 aliphatic rings. The van der Waals surface area contributed by atoms with Crippen LogP contribution in [0.2, 0.25) is 0 Å². The van der Waals surface area contributed by atoms with Crippen molar-refractivity contribution in [3.05, 3.63) is 41.0 Å². The molecule has 0 aromatic heterocycles. The Bertz CT molecular complexity index is 809. The van der Waals surface area contributed by atoms with Crippen molar-refractivity contribution in [2.75, 3.05) is 13.2 Å². The lowest BCUT2D eigenvalue weighted by molar-refractivity contribution is -0.121. The van der Waals surface area contributed by atoms with E-state index in [2.05, 4.69) is 4.72 Å². The van der Waals surface area contributed by atoms with Crippen molar-refractivity contribution < 1.29 is 26.7 Å². The molecule has 27 heavy (non-hydrogen) atoms. The minimum atomic E-state index is -4.59. The summed E-state index contributed by atoms with van der Waals surface area (Å²) >= 11 is 0. The molecule has 150 valence electrons. The van der Waals surface area contributed by atoms with Gasteiger partial charge in [0.15, 0.2) is 0 Å². The number of aliphatic hydroxyl groups is 1. The highest BCUT2D eigenvalue weighted by atomic mass is 32.2. The van der Waals surface area contributed by atoms with Crippen molar-refractivity contribution >= 4 is 16.3 Å². The zero-order valence-corrected chi connectivity index (χ0v) is 15.5. The van der Waals surface area contributed by atoms with Crippen molar-refractivity contribution in [1.82, 2.24) is 9.44 Å². The summed E-state index contributed by atoms with van der Waals surface area (Å²) < 4.78 is 65.2. The zero-order valence-electron chi connectivity index (χ0n) is 14.7. The van der Waals surface area contributed by atoms with Crippen molar-refractivity contribution in [1.29, 1.82) is 0 Å². The summed E-state index contributed by atoms with van der Waals surface area (Å²) in [6.45, 7) is -1.62. The fourth-order valence-corrected chi connectivity index (χ4v) is 5.29. The third kappa shape index (κ3) is 5.31. The summed E-state index contributed by atoms with van der Waals surface area (Å²) in [5.74, 6) is 0.119. The first-order valence-electron chi connectivity index (χ1n) is 8.90. The molecular formula is C18H23F3N2O3S. The predicted octanol–water partition coefficient (Wildman–Crippen LogP) is 2.17. The van der Waals surface area contributed by atoms with Gasteiger partial charge >= 0.3 is 6.18 Å². The van der Waals surface area contributed by atoms with Gasteiger partial charge in [0, 0.05) is 6.04 Å². The highest BCUT2D eigenvalue weighted by Gasteiger charge is 2.41. The summed E-state index contributed by atoms with van der Waals surface area (Å²) in [6.07, 6.45) is 1.95. The molecule has 5 nitrogen and oxygen atoms in total. The van der Waals surface area contributed by atoms with Gasteiger partial charge in [-0.3, -0.25) is 0 Å². The molecule has 9 heteroatoms. The van der Waals surface area contributed by atoms with E-state index < -0.39 is 22.9 Å². The summed E-state index contributed by atoms with van der Waals surface area (Å²) in [7, 11) is -4.22. The largest absolute Gasteiger partial charge is 0.402 e. The number of halogens is 3. The van der Waals surface area contributed by atoms with Gasteiger partial charge in [-0.15, -0.1) is 0 Å². The van der Waals surface area contributed by atoms with Gasteiger partial charge in [-0.2, -0.15) is 31.0 Å². The minimum Gasteiger partial charge on any atom is -0.392 e. The van der Waals surface area contributed by atoms with Crippen LogP contribution in [0.1, 0.15) is 29.5 Å². The van der Waals surface area contributed by atoms with E-state index in [0.29, 0.717) is 12.8 Å². The topological polar surface area (TPSA) is 78.4 Å². The Morgan fingerprint density at radius 3 is 2.44 bits per heavy atom. The molecule has 0 aliphatic heterocycles. The van der Waals surface area contributed by atoms with Crippen LogP contribution in [0.25, 0.3) is 6.08 Å². The van der Waals surface area contributed by atoms with Crippen molar-refractivity contribution in [2.24, 2.45) is 11.8 Å². The molecule has 0 saturated heterocycles. The molecule has 1 aromatic carbocycles. The number of aliphatic hydroxyl groups excluding tert-OH is 1. The highest BCUT2D eigenvalue weighted by Crippen LogP contribution is 2.40. The third-order valence-corrected chi connectivity index (χ3v) is 6.39. The van der Waals surface area contributed by atoms with Crippen LogP contribution in [-0.4, -0.2) is 38.9 Å². The Labute approximate surface area is 156 Å². The first-order valence-corrected chi connectivity index (χ1v) is 10.4. The average molecular weight is 404 g/mol. The molecule has 3 rings (SSSR count). The lowest BCUT2D eigenvalue weighted by atomic mass is 9.92. The number of nitrogens with one attached hydrogen (secondary N) is 2. The van der Waals surface area contributed by atoms with Gasteiger partial charge in [-0.25, -0.2) is 0 Å². The van der Waals surface area contributed by atoms with Crippen LogP contribution < -0.4 is 9.44 Å². The molecule has 0 unspecified atom stereocenters. The fourth-order valence-electron chi connectivity index (χ4n) is 4.11. The second-order valence-electron chi connectivity index (χ2n) is 7.20. The summed E-state index contributed by atoms with van der Waals surface area (Å²) in [5.41, 5.74) is 3.25. The second kappa shape index (κ2) is 7.90.